The second-order valence-electron chi connectivity index (χ2n) is 2.89. The summed E-state index contributed by atoms with van der Waals surface area (Å²) in [5.41, 5.74) is 0.804. The summed E-state index contributed by atoms with van der Waals surface area (Å²) in [4.78, 5) is 0. The first kappa shape index (κ1) is 10.8. The van der Waals surface area contributed by atoms with Crippen molar-refractivity contribution in [1.82, 2.24) is 5.32 Å². The van der Waals surface area contributed by atoms with Crippen molar-refractivity contribution in [2.24, 2.45) is 0 Å². The van der Waals surface area contributed by atoms with Gasteiger partial charge in [0.2, 0.25) is 0 Å². The van der Waals surface area contributed by atoms with E-state index in [2.05, 4.69) is 5.32 Å². The summed E-state index contributed by atoms with van der Waals surface area (Å²) >= 11 is 0. The summed E-state index contributed by atoms with van der Waals surface area (Å²) in [6.45, 7) is 1.42. The molecule has 1 rings (SSSR count). The Bertz CT molecular complexity index is 297. The van der Waals surface area contributed by atoms with Crippen LogP contribution in [-0.4, -0.2) is 29.9 Å². The topological polar surface area (TPSA) is 52.5 Å². The Morgan fingerprint density at radius 3 is 2.79 bits per heavy atom. The number of hydrogen-bond donors (Lipinski definition) is 3. The monoisotopic (exact) mass is 193 g/mol. The van der Waals surface area contributed by atoms with Crippen LogP contribution in [0.1, 0.15) is 5.56 Å². The molecule has 0 saturated carbocycles. The second-order valence-corrected chi connectivity index (χ2v) is 2.89. The summed E-state index contributed by atoms with van der Waals surface area (Å²) in [6, 6.07) is 7.16. The molecule has 1 aromatic rings. The van der Waals surface area contributed by atoms with Crippen LogP contribution in [0.2, 0.25) is 0 Å². The third-order valence-electron chi connectivity index (χ3n) is 1.78. The summed E-state index contributed by atoms with van der Waals surface area (Å²) in [6.07, 6.45) is 3.75. The number of aromatic hydroxyl groups is 1. The van der Waals surface area contributed by atoms with Crippen molar-refractivity contribution in [3.05, 3.63) is 35.9 Å². The molecular formula is C11H15NO2. The van der Waals surface area contributed by atoms with E-state index in [9.17, 15) is 5.11 Å². The zero-order valence-electron chi connectivity index (χ0n) is 7.98. The van der Waals surface area contributed by atoms with Gasteiger partial charge in [-0.25, -0.2) is 0 Å². The Morgan fingerprint density at radius 1 is 1.29 bits per heavy atom. The van der Waals surface area contributed by atoms with E-state index in [0.717, 1.165) is 5.56 Å². The van der Waals surface area contributed by atoms with Crippen LogP contribution in [-0.2, 0) is 0 Å². The quantitative estimate of drug-likeness (QED) is 0.611. The molecule has 0 bridgehead atoms. The van der Waals surface area contributed by atoms with Gasteiger partial charge in [0.05, 0.1) is 6.61 Å². The molecular weight excluding hydrogens is 178 g/mol. The minimum absolute atomic E-state index is 0.143. The standard InChI is InChI=1S/C11H15NO2/c13-9-8-12-7-3-5-10-4-1-2-6-11(10)14/h1-6,12-14H,7-9H2. The van der Waals surface area contributed by atoms with E-state index < -0.39 is 0 Å². The number of para-hydroxylation sites is 1. The molecule has 3 heteroatoms. The van der Waals surface area contributed by atoms with E-state index in [-0.39, 0.29) is 12.4 Å². The molecule has 76 valence electrons. The molecule has 0 saturated heterocycles. The molecule has 0 fully saturated rings. The average Bonchev–Trinajstić information content (AvgIpc) is 2.20. The third kappa shape index (κ3) is 3.60. The van der Waals surface area contributed by atoms with Gasteiger partial charge in [0.25, 0.3) is 0 Å². The summed E-state index contributed by atoms with van der Waals surface area (Å²) in [7, 11) is 0. The lowest BCUT2D eigenvalue weighted by atomic mass is 10.2. The van der Waals surface area contributed by atoms with Gasteiger partial charge >= 0.3 is 0 Å². The van der Waals surface area contributed by atoms with Gasteiger partial charge in [-0.15, -0.1) is 0 Å². The summed E-state index contributed by atoms with van der Waals surface area (Å²) in [5.74, 6) is 0.283. The van der Waals surface area contributed by atoms with E-state index in [1.165, 1.54) is 0 Å². The van der Waals surface area contributed by atoms with Gasteiger partial charge in [-0.05, 0) is 6.07 Å². The Balaban J connectivity index is 2.40. The largest absolute Gasteiger partial charge is 0.507 e. The van der Waals surface area contributed by atoms with Crippen molar-refractivity contribution >= 4 is 6.08 Å². The van der Waals surface area contributed by atoms with Crippen LogP contribution < -0.4 is 5.32 Å². The molecule has 0 aliphatic heterocycles. The molecule has 3 N–H and O–H groups in total. The number of aliphatic hydroxyl groups is 1. The second kappa shape index (κ2) is 6.18. The lowest BCUT2D eigenvalue weighted by Gasteiger charge is -1.98. The minimum atomic E-state index is 0.143. The average molecular weight is 193 g/mol. The molecule has 0 spiro atoms. The van der Waals surface area contributed by atoms with Gasteiger partial charge in [-0.2, -0.15) is 0 Å². The zero-order valence-corrected chi connectivity index (χ0v) is 7.98. The normalized spacial score (nSPS) is 10.9. The molecule has 0 aliphatic carbocycles. The highest BCUT2D eigenvalue weighted by Gasteiger charge is 1.92. The van der Waals surface area contributed by atoms with Crippen molar-refractivity contribution in [2.45, 2.75) is 0 Å². The highest BCUT2D eigenvalue weighted by atomic mass is 16.3. The highest BCUT2D eigenvalue weighted by molar-refractivity contribution is 5.56. The fourth-order valence-corrected chi connectivity index (χ4v) is 1.08. The van der Waals surface area contributed by atoms with Crippen molar-refractivity contribution < 1.29 is 10.2 Å². The van der Waals surface area contributed by atoms with Crippen LogP contribution in [0, 0.1) is 0 Å². The molecule has 0 radical (unpaired) electrons. The Hall–Kier alpha value is -1.32. The van der Waals surface area contributed by atoms with Crippen LogP contribution in [0.5, 0.6) is 5.75 Å². The van der Waals surface area contributed by atoms with Crippen LogP contribution >= 0.6 is 0 Å². The van der Waals surface area contributed by atoms with E-state index in [0.29, 0.717) is 13.1 Å². The van der Waals surface area contributed by atoms with E-state index in [4.69, 9.17) is 5.11 Å². The van der Waals surface area contributed by atoms with Gasteiger partial charge in [0.15, 0.2) is 0 Å². The Labute approximate surface area is 83.7 Å². The molecule has 0 aromatic heterocycles. The smallest absolute Gasteiger partial charge is 0.122 e. The molecule has 3 nitrogen and oxygen atoms in total. The number of rotatable bonds is 5. The van der Waals surface area contributed by atoms with Crippen molar-refractivity contribution in [3.63, 3.8) is 0 Å². The maximum atomic E-state index is 9.40. The van der Waals surface area contributed by atoms with Gasteiger partial charge in [0, 0.05) is 18.7 Å². The van der Waals surface area contributed by atoms with Gasteiger partial charge < -0.3 is 15.5 Å². The SMILES string of the molecule is OCCNCC=Cc1ccccc1O. The van der Waals surface area contributed by atoms with Crippen LogP contribution in [0.25, 0.3) is 6.08 Å². The maximum Gasteiger partial charge on any atom is 0.122 e. The number of phenols is 1. The molecule has 0 heterocycles. The van der Waals surface area contributed by atoms with E-state index in [1.54, 1.807) is 12.1 Å². The fraction of sp³-hybridized carbons (Fsp3) is 0.273. The molecule has 0 amide bonds. The highest BCUT2D eigenvalue weighted by Crippen LogP contribution is 2.16. The first-order valence-corrected chi connectivity index (χ1v) is 4.60. The predicted octanol–water partition coefficient (Wildman–Crippen LogP) is 0.987. The lowest BCUT2D eigenvalue weighted by molar-refractivity contribution is 0.294. The molecule has 0 aliphatic rings. The summed E-state index contributed by atoms with van der Waals surface area (Å²) < 4.78 is 0. The number of benzene rings is 1. The lowest BCUT2D eigenvalue weighted by Crippen LogP contribution is -2.17. The van der Waals surface area contributed by atoms with E-state index in [1.807, 2.05) is 24.3 Å². The van der Waals surface area contributed by atoms with Crippen LogP contribution in [0.4, 0.5) is 0 Å². The van der Waals surface area contributed by atoms with Crippen molar-refractivity contribution in [3.8, 4) is 5.75 Å². The third-order valence-corrected chi connectivity index (χ3v) is 1.78. The Kier molecular flexibility index (Phi) is 4.75. The zero-order chi connectivity index (χ0) is 10.2. The summed E-state index contributed by atoms with van der Waals surface area (Å²) in [5, 5.41) is 20.9. The Morgan fingerprint density at radius 2 is 2.07 bits per heavy atom. The molecule has 0 unspecified atom stereocenters. The molecule has 14 heavy (non-hydrogen) atoms. The van der Waals surface area contributed by atoms with Crippen molar-refractivity contribution in [2.75, 3.05) is 19.7 Å². The predicted molar refractivity (Wildman–Crippen MR) is 57.1 cm³/mol. The first-order valence-electron chi connectivity index (χ1n) is 4.60. The number of phenolic OH excluding ortho intramolecular Hbond substituents is 1. The number of aliphatic hydroxyl groups excluding tert-OH is 1. The van der Waals surface area contributed by atoms with Crippen LogP contribution in [0.15, 0.2) is 30.3 Å². The van der Waals surface area contributed by atoms with Crippen molar-refractivity contribution in [1.29, 1.82) is 0 Å². The number of nitrogens with one attached hydrogen (secondary N) is 1. The maximum absolute atomic E-state index is 9.40. The van der Waals surface area contributed by atoms with E-state index >= 15 is 0 Å². The molecule has 0 atom stereocenters. The van der Waals surface area contributed by atoms with Gasteiger partial charge in [-0.3, -0.25) is 0 Å². The minimum Gasteiger partial charge on any atom is -0.507 e. The van der Waals surface area contributed by atoms with Gasteiger partial charge in [0.1, 0.15) is 5.75 Å². The van der Waals surface area contributed by atoms with Gasteiger partial charge in [-0.1, -0.05) is 30.4 Å². The molecule has 1 aromatic carbocycles. The first-order chi connectivity index (χ1) is 6.84. The van der Waals surface area contributed by atoms with Crippen LogP contribution in [0.3, 0.4) is 0 Å². The fourth-order valence-electron chi connectivity index (χ4n) is 1.08. The number of hydrogen-bond acceptors (Lipinski definition) is 3.